The number of hydrogen-bond donors (Lipinski definition) is 1. The predicted octanol–water partition coefficient (Wildman–Crippen LogP) is 8.16. The molecule has 1 heteroatoms. The van der Waals surface area contributed by atoms with E-state index >= 15 is 0 Å². The molecule has 1 saturated carbocycles. The SMILES string of the molecule is CCCCCCC1=C(c2ccccc2)[C@]2(C(CCC)c3ccccc3)CC[C@@H](O)C2C1. The third kappa shape index (κ3) is 4.27. The van der Waals surface area contributed by atoms with Crippen LogP contribution < -0.4 is 0 Å². The van der Waals surface area contributed by atoms with E-state index in [1.165, 1.54) is 56.1 Å². The second-order valence-electron chi connectivity index (χ2n) is 9.86. The van der Waals surface area contributed by atoms with Crippen molar-refractivity contribution in [1.29, 1.82) is 0 Å². The zero-order valence-corrected chi connectivity index (χ0v) is 19.5. The van der Waals surface area contributed by atoms with E-state index < -0.39 is 0 Å². The molecule has 2 aromatic carbocycles. The van der Waals surface area contributed by atoms with Gasteiger partial charge in [0.2, 0.25) is 0 Å². The summed E-state index contributed by atoms with van der Waals surface area (Å²) in [6.07, 6.45) is 11.7. The molecule has 4 rings (SSSR count). The summed E-state index contributed by atoms with van der Waals surface area (Å²) >= 11 is 0. The third-order valence-corrected chi connectivity index (χ3v) is 8.06. The van der Waals surface area contributed by atoms with Crippen LogP contribution in [0.2, 0.25) is 0 Å². The summed E-state index contributed by atoms with van der Waals surface area (Å²) in [5.41, 5.74) is 6.18. The van der Waals surface area contributed by atoms with Crippen molar-refractivity contribution in [1.82, 2.24) is 0 Å². The highest BCUT2D eigenvalue weighted by Gasteiger charge is 2.58. The van der Waals surface area contributed by atoms with Crippen LogP contribution >= 0.6 is 0 Å². The molecule has 4 atom stereocenters. The smallest absolute Gasteiger partial charge is 0.0580 e. The van der Waals surface area contributed by atoms with Gasteiger partial charge in [-0.3, -0.25) is 0 Å². The number of fused-ring (bicyclic) bond motifs is 1. The summed E-state index contributed by atoms with van der Waals surface area (Å²) in [6.45, 7) is 4.61. The van der Waals surface area contributed by atoms with Crippen LogP contribution in [0.3, 0.4) is 0 Å². The van der Waals surface area contributed by atoms with Crippen molar-refractivity contribution >= 4 is 5.57 Å². The number of aliphatic hydroxyl groups excluding tert-OH is 1. The summed E-state index contributed by atoms with van der Waals surface area (Å²) < 4.78 is 0. The molecule has 0 bridgehead atoms. The van der Waals surface area contributed by atoms with E-state index in [2.05, 4.69) is 74.5 Å². The standard InChI is InChI=1S/C30H40O/c1-3-5-6-9-19-25-22-27-28(31)20-21-30(27,29(25)24-17-12-8-13-18-24)26(14-4-2)23-15-10-7-11-16-23/h7-8,10-13,15-18,26-28,31H,3-6,9,14,19-22H2,1-2H3/t26?,27?,28-,30+/m1/s1. The Labute approximate surface area is 189 Å². The molecular weight excluding hydrogens is 376 g/mol. The van der Waals surface area contributed by atoms with Gasteiger partial charge in [-0.2, -0.15) is 0 Å². The summed E-state index contributed by atoms with van der Waals surface area (Å²) in [5.74, 6) is 0.838. The second-order valence-corrected chi connectivity index (χ2v) is 9.86. The lowest BCUT2D eigenvalue weighted by Gasteiger charge is -2.42. The first-order chi connectivity index (χ1) is 15.2. The molecule has 0 aromatic heterocycles. The fourth-order valence-corrected chi connectivity index (χ4v) is 6.81. The van der Waals surface area contributed by atoms with Crippen molar-refractivity contribution in [3.8, 4) is 0 Å². The van der Waals surface area contributed by atoms with E-state index in [9.17, 15) is 5.11 Å². The Hall–Kier alpha value is -1.86. The van der Waals surface area contributed by atoms with Gasteiger partial charge in [0.25, 0.3) is 0 Å². The van der Waals surface area contributed by atoms with Gasteiger partial charge in [-0.15, -0.1) is 0 Å². The molecule has 2 aromatic rings. The highest BCUT2D eigenvalue weighted by atomic mass is 16.3. The van der Waals surface area contributed by atoms with Gasteiger partial charge in [0.1, 0.15) is 0 Å². The average molecular weight is 417 g/mol. The summed E-state index contributed by atoms with van der Waals surface area (Å²) in [7, 11) is 0. The van der Waals surface area contributed by atoms with E-state index in [-0.39, 0.29) is 11.5 Å². The zero-order valence-electron chi connectivity index (χ0n) is 19.5. The van der Waals surface area contributed by atoms with E-state index in [1.54, 1.807) is 11.1 Å². The maximum absolute atomic E-state index is 11.2. The molecule has 166 valence electrons. The van der Waals surface area contributed by atoms with Gasteiger partial charge in [-0.25, -0.2) is 0 Å². The van der Waals surface area contributed by atoms with Crippen molar-refractivity contribution in [3.63, 3.8) is 0 Å². The Kier molecular flexibility index (Phi) is 7.33. The quantitative estimate of drug-likeness (QED) is 0.387. The highest BCUT2D eigenvalue weighted by molar-refractivity contribution is 5.78. The van der Waals surface area contributed by atoms with Gasteiger partial charge in [0.05, 0.1) is 6.10 Å². The topological polar surface area (TPSA) is 20.2 Å². The van der Waals surface area contributed by atoms with Gasteiger partial charge in [0, 0.05) is 5.41 Å². The fourth-order valence-electron chi connectivity index (χ4n) is 6.81. The molecule has 0 heterocycles. The minimum atomic E-state index is -0.171. The van der Waals surface area contributed by atoms with Crippen molar-refractivity contribution < 1.29 is 5.11 Å². The Morgan fingerprint density at radius 2 is 1.61 bits per heavy atom. The summed E-state index contributed by atoms with van der Waals surface area (Å²) in [5, 5.41) is 11.2. The van der Waals surface area contributed by atoms with Crippen molar-refractivity contribution in [3.05, 3.63) is 77.4 Å². The van der Waals surface area contributed by atoms with Crippen LogP contribution in [0.25, 0.3) is 5.57 Å². The summed E-state index contributed by atoms with van der Waals surface area (Å²) in [6, 6.07) is 22.4. The van der Waals surface area contributed by atoms with Crippen LogP contribution in [0.1, 0.15) is 95.1 Å². The first kappa shape index (κ1) is 22.3. The van der Waals surface area contributed by atoms with Crippen LogP contribution in [0.4, 0.5) is 0 Å². The number of rotatable bonds is 10. The van der Waals surface area contributed by atoms with Crippen LogP contribution in [-0.2, 0) is 0 Å². The number of unbranched alkanes of at least 4 members (excludes halogenated alkanes) is 3. The molecule has 1 fully saturated rings. The van der Waals surface area contributed by atoms with E-state index in [1.807, 2.05) is 0 Å². The molecule has 0 spiro atoms. The Morgan fingerprint density at radius 1 is 0.903 bits per heavy atom. The van der Waals surface area contributed by atoms with Gasteiger partial charge in [-0.05, 0) is 67.1 Å². The van der Waals surface area contributed by atoms with Crippen LogP contribution in [-0.4, -0.2) is 11.2 Å². The third-order valence-electron chi connectivity index (χ3n) is 8.06. The first-order valence-corrected chi connectivity index (χ1v) is 12.7. The average Bonchev–Trinajstić information content (AvgIpc) is 3.30. The molecule has 0 amide bonds. The number of hydrogen-bond acceptors (Lipinski definition) is 1. The maximum Gasteiger partial charge on any atom is 0.0580 e. The lowest BCUT2D eigenvalue weighted by atomic mass is 9.61. The van der Waals surface area contributed by atoms with Crippen molar-refractivity contribution in [2.75, 3.05) is 0 Å². The Balaban J connectivity index is 1.83. The lowest BCUT2D eigenvalue weighted by Crippen LogP contribution is -2.34. The van der Waals surface area contributed by atoms with Gasteiger partial charge >= 0.3 is 0 Å². The highest BCUT2D eigenvalue weighted by Crippen LogP contribution is 2.67. The monoisotopic (exact) mass is 416 g/mol. The molecule has 0 aliphatic heterocycles. The maximum atomic E-state index is 11.2. The fraction of sp³-hybridized carbons (Fsp3) is 0.533. The Bertz CT molecular complexity index is 852. The molecular formula is C30H40O. The van der Waals surface area contributed by atoms with Gasteiger partial charge in [0.15, 0.2) is 0 Å². The first-order valence-electron chi connectivity index (χ1n) is 12.7. The van der Waals surface area contributed by atoms with Crippen LogP contribution in [0, 0.1) is 11.3 Å². The molecule has 2 aliphatic rings. The molecule has 0 radical (unpaired) electrons. The number of aliphatic hydroxyl groups is 1. The summed E-state index contributed by atoms with van der Waals surface area (Å²) in [4.78, 5) is 0. The molecule has 1 N–H and O–H groups in total. The van der Waals surface area contributed by atoms with E-state index in [0.29, 0.717) is 11.8 Å². The largest absolute Gasteiger partial charge is 0.393 e. The molecule has 31 heavy (non-hydrogen) atoms. The number of benzene rings is 2. The van der Waals surface area contributed by atoms with E-state index in [0.717, 1.165) is 19.3 Å². The van der Waals surface area contributed by atoms with Crippen LogP contribution in [0.5, 0.6) is 0 Å². The van der Waals surface area contributed by atoms with Gasteiger partial charge in [-0.1, -0.05) is 106 Å². The minimum absolute atomic E-state index is 0.0677. The lowest BCUT2D eigenvalue weighted by molar-refractivity contribution is 0.0954. The van der Waals surface area contributed by atoms with Crippen molar-refractivity contribution in [2.24, 2.45) is 11.3 Å². The predicted molar refractivity (Wildman–Crippen MR) is 132 cm³/mol. The second kappa shape index (κ2) is 10.2. The molecule has 2 aliphatic carbocycles. The number of allylic oxidation sites excluding steroid dienone is 2. The van der Waals surface area contributed by atoms with Crippen LogP contribution in [0.15, 0.2) is 66.2 Å². The minimum Gasteiger partial charge on any atom is -0.393 e. The van der Waals surface area contributed by atoms with Gasteiger partial charge < -0.3 is 5.11 Å². The molecule has 2 unspecified atom stereocenters. The zero-order chi connectivity index (χ0) is 21.7. The normalized spacial score (nSPS) is 26.3. The Morgan fingerprint density at radius 3 is 2.29 bits per heavy atom. The molecule has 0 saturated heterocycles. The molecule has 1 nitrogen and oxygen atoms in total. The van der Waals surface area contributed by atoms with E-state index in [4.69, 9.17) is 0 Å². The van der Waals surface area contributed by atoms with Crippen molar-refractivity contribution in [2.45, 2.75) is 90.1 Å².